The summed E-state index contributed by atoms with van der Waals surface area (Å²) < 4.78 is 28.0. The van der Waals surface area contributed by atoms with Gasteiger partial charge < -0.3 is 5.73 Å². The van der Waals surface area contributed by atoms with Crippen LogP contribution in [-0.4, -0.2) is 0 Å². The first-order valence-corrected chi connectivity index (χ1v) is 7.29. The van der Waals surface area contributed by atoms with Crippen LogP contribution in [0.25, 0.3) is 0 Å². The second-order valence-corrected chi connectivity index (χ2v) is 6.29. The third kappa shape index (κ3) is 2.38. The summed E-state index contributed by atoms with van der Waals surface area (Å²) in [6.45, 7) is 0. The lowest BCUT2D eigenvalue weighted by atomic mass is 9.86. The molecule has 0 amide bonds. The monoisotopic (exact) mass is 337 g/mol. The van der Waals surface area contributed by atoms with E-state index < -0.39 is 5.54 Å². The van der Waals surface area contributed by atoms with Crippen molar-refractivity contribution in [1.82, 2.24) is 0 Å². The van der Waals surface area contributed by atoms with E-state index in [2.05, 4.69) is 15.9 Å². The van der Waals surface area contributed by atoms with Crippen LogP contribution in [0.15, 0.2) is 40.9 Å². The molecule has 4 heteroatoms. The van der Waals surface area contributed by atoms with E-state index >= 15 is 0 Å². The summed E-state index contributed by atoms with van der Waals surface area (Å²) >= 11 is 3.35. The van der Waals surface area contributed by atoms with Gasteiger partial charge in [0.15, 0.2) is 0 Å². The normalized spacial score (nSPS) is 21.0. The minimum atomic E-state index is -0.620. The van der Waals surface area contributed by atoms with Crippen molar-refractivity contribution in [2.45, 2.75) is 24.8 Å². The van der Waals surface area contributed by atoms with Crippen LogP contribution >= 0.6 is 15.9 Å². The van der Waals surface area contributed by atoms with Gasteiger partial charge in [-0.15, -0.1) is 0 Å². The maximum absolute atomic E-state index is 13.9. The van der Waals surface area contributed by atoms with Crippen molar-refractivity contribution >= 4 is 15.9 Å². The molecule has 2 aromatic carbocycles. The highest BCUT2D eigenvalue weighted by Crippen LogP contribution is 2.38. The van der Waals surface area contributed by atoms with Gasteiger partial charge in [-0.2, -0.15) is 0 Å². The van der Waals surface area contributed by atoms with Gasteiger partial charge in [0.05, 0.1) is 0 Å². The molecule has 0 fully saturated rings. The standard InChI is InChI=1S/C16H14BrF2N/c17-12-1-4-15(19)11(7-12)9-16(20)6-5-10-8-13(18)2-3-14(10)16/h1-4,7-8H,5-6,9,20H2. The fourth-order valence-corrected chi connectivity index (χ4v) is 3.36. The highest BCUT2D eigenvalue weighted by molar-refractivity contribution is 9.10. The van der Waals surface area contributed by atoms with E-state index in [4.69, 9.17) is 5.73 Å². The van der Waals surface area contributed by atoms with Gasteiger partial charge >= 0.3 is 0 Å². The Balaban J connectivity index is 1.98. The molecule has 1 nitrogen and oxygen atoms in total. The topological polar surface area (TPSA) is 26.0 Å². The lowest BCUT2D eigenvalue weighted by Gasteiger charge is -2.26. The van der Waals surface area contributed by atoms with Crippen molar-refractivity contribution < 1.29 is 8.78 Å². The number of aryl methyl sites for hydroxylation is 1. The van der Waals surface area contributed by atoms with Gasteiger partial charge in [0, 0.05) is 10.0 Å². The summed E-state index contributed by atoms with van der Waals surface area (Å²) in [5, 5.41) is 0. The maximum Gasteiger partial charge on any atom is 0.126 e. The van der Waals surface area contributed by atoms with E-state index in [9.17, 15) is 8.78 Å². The number of benzene rings is 2. The molecule has 3 rings (SSSR count). The van der Waals surface area contributed by atoms with Crippen LogP contribution in [0.2, 0.25) is 0 Å². The van der Waals surface area contributed by atoms with Gasteiger partial charge in [-0.1, -0.05) is 22.0 Å². The van der Waals surface area contributed by atoms with Gasteiger partial charge in [-0.05, 0) is 66.3 Å². The predicted molar refractivity (Wildman–Crippen MR) is 78.4 cm³/mol. The minimum Gasteiger partial charge on any atom is -0.321 e. The van der Waals surface area contributed by atoms with E-state index in [0.717, 1.165) is 22.0 Å². The van der Waals surface area contributed by atoms with Crippen LogP contribution in [0.4, 0.5) is 8.78 Å². The Morgan fingerprint density at radius 3 is 2.75 bits per heavy atom. The molecule has 1 aliphatic rings. The molecule has 0 spiro atoms. The van der Waals surface area contributed by atoms with Crippen LogP contribution < -0.4 is 5.73 Å². The van der Waals surface area contributed by atoms with E-state index in [1.54, 1.807) is 18.2 Å². The SMILES string of the molecule is NC1(Cc2cc(Br)ccc2F)CCc2cc(F)ccc21. The molecule has 0 saturated carbocycles. The van der Waals surface area contributed by atoms with Gasteiger partial charge in [-0.3, -0.25) is 0 Å². The lowest BCUT2D eigenvalue weighted by Crippen LogP contribution is -2.36. The first-order valence-electron chi connectivity index (χ1n) is 6.50. The van der Waals surface area contributed by atoms with Crippen molar-refractivity contribution in [3.05, 3.63) is 69.2 Å². The summed E-state index contributed by atoms with van der Waals surface area (Å²) in [7, 11) is 0. The fraction of sp³-hybridized carbons (Fsp3) is 0.250. The Morgan fingerprint density at radius 1 is 1.15 bits per heavy atom. The molecule has 0 bridgehead atoms. The number of fused-ring (bicyclic) bond motifs is 1. The molecule has 0 heterocycles. The fourth-order valence-electron chi connectivity index (χ4n) is 2.95. The molecule has 104 valence electrons. The first-order chi connectivity index (χ1) is 9.48. The Kier molecular flexibility index (Phi) is 3.38. The summed E-state index contributed by atoms with van der Waals surface area (Å²) in [5.74, 6) is -0.504. The molecule has 0 saturated heterocycles. The number of halogens is 3. The highest BCUT2D eigenvalue weighted by Gasteiger charge is 2.35. The largest absolute Gasteiger partial charge is 0.321 e. The lowest BCUT2D eigenvalue weighted by molar-refractivity contribution is 0.429. The minimum absolute atomic E-state index is 0.248. The van der Waals surface area contributed by atoms with Crippen LogP contribution in [0, 0.1) is 11.6 Å². The van der Waals surface area contributed by atoms with Gasteiger partial charge in [0.1, 0.15) is 11.6 Å². The summed E-state index contributed by atoms with van der Waals surface area (Å²) in [4.78, 5) is 0. The molecular formula is C16H14BrF2N. The predicted octanol–water partition coefficient (Wildman–Crippen LogP) is 4.07. The third-order valence-electron chi connectivity index (χ3n) is 3.96. The summed E-state index contributed by atoms with van der Waals surface area (Å²) in [6.07, 6.45) is 1.86. The third-order valence-corrected chi connectivity index (χ3v) is 4.45. The van der Waals surface area contributed by atoms with Crippen LogP contribution in [-0.2, 0) is 18.4 Å². The molecule has 0 radical (unpaired) electrons. The number of nitrogens with two attached hydrogens (primary N) is 1. The van der Waals surface area contributed by atoms with Crippen molar-refractivity contribution in [1.29, 1.82) is 0 Å². The van der Waals surface area contributed by atoms with Crippen molar-refractivity contribution in [3.8, 4) is 0 Å². The molecule has 20 heavy (non-hydrogen) atoms. The quantitative estimate of drug-likeness (QED) is 0.878. The zero-order chi connectivity index (χ0) is 14.3. The second kappa shape index (κ2) is 4.93. The molecular weight excluding hydrogens is 324 g/mol. The molecule has 1 atom stereocenters. The van der Waals surface area contributed by atoms with Crippen LogP contribution in [0.1, 0.15) is 23.1 Å². The number of hydrogen-bond donors (Lipinski definition) is 1. The zero-order valence-electron chi connectivity index (χ0n) is 10.8. The highest BCUT2D eigenvalue weighted by atomic mass is 79.9. The van der Waals surface area contributed by atoms with Crippen molar-refractivity contribution in [2.24, 2.45) is 5.73 Å². The molecule has 2 N–H and O–H groups in total. The first kappa shape index (κ1) is 13.7. The van der Waals surface area contributed by atoms with Gasteiger partial charge in [0.25, 0.3) is 0 Å². The second-order valence-electron chi connectivity index (χ2n) is 5.37. The zero-order valence-corrected chi connectivity index (χ0v) is 12.4. The van der Waals surface area contributed by atoms with Gasteiger partial charge in [0.2, 0.25) is 0 Å². The van der Waals surface area contributed by atoms with Gasteiger partial charge in [-0.25, -0.2) is 8.78 Å². The average molecular weight is 338 g/mol. The average Bonchev–Trinajstić information content (AvgIpc) is 2.71. The van der Waals surface area contributed by atoms with E-state index in [-0.39, 0.29) is 11.6 Å². The Bertz CT molecular complexity index is 672. The summed E-state index contributed by atoms with van der Waals surface area (Å²) in [5.41, 5.74) is 8.29. The molecule has 2 aromatic rings. The number of hydrogen-bond acceptors (Lipinski definition) is 1. The van der Waals surface area contributed by atoms with Crippen LogP contribution in [0.3, 0.4) is 0 Å². The van der Waals surface area contributed by atoms with E-state index in [0.29, 0.717) is 18.4 Å². The van der Waals surface area contributed by atoms with Crippen LogP contribution in [0.5, 0.6) is 0 Å². The Hall–Kier alpha value is -1.26. The van der Waals surface area contributed by atoms with E-state index in [1.165, 1.54) is 18.2 Å². The van der Waals surface area contributed by atoms with Crippen molar-refractivity contribution in [3.63, 3.8) is 0 Å². The van der Waals surface area contributed by atoms with E-state index in [1.807, 2.05) is 0 Å². The molecule has 1 aliphatic carbocycles. The maximum atomic E-state index is 13.9. The molecule has 0 aliphatic heterocycles. The van der Waals surface area contributed by atoms with Crippen molar-refractivity contribution in [2.75, 3.05) is 0 Å². The Morgan fingerprint density at radius 2 is 1.95 bits per heavy atom. The molecule has 1 unspecified atom stereocenters. The Labute approximate surface area is 124 Å². The smallest absolute Gasteiger partial charge is 0.126 e. The summed E-state index contributed by atoms with van der Waals surface area (Å²) in [6, 6.07) is 9.53. The number of rotatable bonds is 2. The molecule has 0 aromatic heterocycles.